The van der Waals surface area contributed by atoms with Crippen LogP contribution >= 0.6 is 0 Å². The fourth-order valence-corrected chi connectivity index (χ4v) is 3.76. The monoisotopic (exact) mass is 400 g/mol. The van der Waals surface area contributed by atoms with Gasteiger partial charge in [-0.25, -0.2) is 18.4 Å². The van der Waals surface area contributed by atoms with Crippen LogP contribution in [0.25, 0.3) is 11.6 Å². The van der Waals surface area contributed by atoms with Gasteiger partial charge in [0.25, 0.3) is 0 Å². The number of hydrogen-bond acceptors (Lipinski definition) is 4. The van der Waals surface area contributed by atoms with E-state index in [9.17, 15) is 8.78 Å². The van der Waals surface area contributed by atoms with Gasteiger partial charge in [0.2, 0.25) is 0 Å². The first-order valence-corrected chi connectivity index (χ1v) is 10.3. The summed E-state index contributed by atoms with van der Waals surface area (Å²) < 4.78 is 35.4. The zero-order valence-corrected chi connectivity index (χ0v) is 16.7. The molecule has 154 valence electrons. The largest absolute Gasteiger partial charge is 0.456 e. The van der Waals surface area contributed by atoms with Gasteiger partial charge in [-0.2, -0.15) is 5.10 Å². The molecule has 0 N–H and O–H groups in total. The lowest BCUT2D eigenvalue weighted by Gasteiger charge is -2.25. The average Bonchev–Trinajstić information content (AvgIpc) is 3.33. The molecule has 3 aromatic rings. The lowest BCUT2D eigenvalue weighted by Crippen LogP contribution is -2.28. The number of nitrogens with zero attached hydrogens (tertiary/aromatic N) is 4. The van der Waals surface area contributed by atoms with E-state index in [0.717, 1.165) is 43.9 Å². The summed E-state index contributed by atoms with van der Waals surface area (Å²) in [6, 6.07) is 7.30. The Bertz CT molecular complexity index is 960. The van der Waals surface area contributed by atoms with Crippen molar-refractivity contribution in [2.75, 3.05) is 13.1 Å². The third-order valence-corrected chi connectivity index (χ3v) is 5.23. The van der Waals surface area contributed by atoms with Crippen molar-refractivity contribution in [2.45, 2.75) is 52.1 Å². The predicted molar refractivity (Wildman–Crippen MR) is 106 cm³/mol. The molecule has 0 radical (unpaired) electrons. The van der Waals surface area contributed by atoms with Crippen LogP contribution < -0.4 is 0 Å². The summed E-state index contributed by atoms with van der Waals surface area (Å²) >= 11 is 0. The Morgan fingerprint density at radius 1 is 1.03 bits per heavy atom. The SMILES string of the molecule is CCCc1nc(-c2ccc(CN3CCCCC3)o2)n(Cc2cc(F)ccc2F)n1. The highest BCUT2D eigenvalue weighted by Gasteiger charge is 2.18. The first-order chi connectivity index (χ1) is 14.1. The zero-order valence-electron chi connectivity index (χ0n) is 16.7. The minimum absolute atomic E-state index is 0.0950. The van der Waals surface area contributed by atoms with Gasteiger partial charge in [0.1, 0.15) is 17.4 Å². The Balaban J connectivity index is 1.60. The normalized spacial score (nSPS) is 15.1. The van der Waals surface area contributed by atoms with Crippen LogP contribution in [-0.2, 0) is 19.5 Å². The maximum Gasteiger partial charge on any atom is 0.194 e. The van der Waals surface area contributed by atoms with Crippen LogP contribution in [0, 0.1) is 11.6 Å². The summed E-state index contributed by atoms with van der Waals surface area (Å²) in [5.74, 6) is 1.76. The van der Waals surface area contributed by atoms with E-state index in [1.165, 1.54) is 25.3 Å². The Hall–Kier alpha value is -2.54. The van der Waals surface area contributed by atoms with Gasteiger partial charge in [-0.3, -0.25) is 4.90 Å². The summed E-state index contributed by atoms with van der Waals surface area (Å²) in [4.78, 5) is 7.00. The fraction of sp³-hybridized carbons (Fsp3) is 0.455. The van der Waals surface area contributed by atoms with E-state index in [4.69, 9.17) is 4.42 Å². The Morgan fingerprint density at radius 2 is 1.86 bits per heavy atom. The first-order valence-electron chi connectivity index (χ1n) is 10.3. The third-order valence-electron chi connectivity index (χ3n) is 5.23. The van der Waals surface area contributed by atoms with Gasteiger partial charge in [-0.15, -0.1) is 0 Å². The number of piperidine rings is 1. The molecular weight excluding hydrogens is 374 g/mol. The number of aromatic nitrogens is 3. The highest BCUT2D eigenvalue weighted by atomic mass is 19.1. The van der Waals surface area contributed by atoms with Crippen molar-refractivity contribution in [1.82, 2.24) is 19.7 Å². The Labute approximate surface area is 169 Å². The Kier molecular flexibility index (Phi) is 6.04. The van der Waals surface area contributed by atoms with E-state index in [1.807, 2.05) is 12.1 Å². The van der Waals surface area contributed by atoms with Gasteiger partial charge in [0.15, 0.2) is 17.4 Å². The highest BCUT2D eigenvalue weighted by Crippen LogP contribution is 2.24. The van der Waals surface area contributed by atoms with Gasteiger partial charge < -0.3 is 4.42 Å². The van der Waals surface area contributed by atoms with Crippen LogP contribution in [0.2, 0.25) is 0 Å². The standard InChI is InChI=1S/C22H26F2N4O/c1-2-6-21-25-22(28(26-21)14-16-13-17(23)7-9-19(16)24)20-10-8-18(29-20)15-27-11-4-3-5-12-27/h7-10,13H,2-6,11-12,14-15H2,1H3. The molecule has 1 aromatic carbocycles. The van der Waals surface area contributed by atoms with E-state index in [0.29, 0.717) is 23.8 Å². The predicted octanol–water partition coefficient (Wildman–Crippen LogP) is 4.80. The number of aryl methyl sites for hydroxylation is 1. The molecule has 5 nitrogen and oxygen atoms in total. The Morgan fingerprint density at radius 3 is 2.66 bits per heavy atom. The fourth-order valence-electron chi connectivity index (χ4n) is 3.76. The molecule has 1 saturated heterocycles. The molecule has 1 aliphatic rings. The van der Waals surface area contributed by atoms with Crippen LogP contribution in [0.15, 0.2) is 34.7 Å². The molecule has 0 atom stereocenters. The number of hydrogen-bond donors (Lipinski definition) is 0. The van der Waals surface area contributed by atoms with Gasteiger partial charge in [0, 0.05) is 12.0 Å². The highest BCUT2D eigenvalue weighted by molar-refractivity contribution is 5.48. The molecule has 1 aliphatic heterocycles. The number of likely N-dealkylation sites (tertiary alicyclic amines) is 1. The van der Waals surface area contributed by atoms with E-state index in [-0.39, 0.29) is 12.1 Å². The number of furan rings is 1. The number of benzene rings is 1. The van der Waals surface area contributed by atoms with Crippen molar-refractivity contribution in [1.29, 1.82) is 0 Å². The van der Waals surface area contributed by atoms with Crippen molar-refractivity contribution in [2.24, 2.45) is 0 Å². The van der Waals surface area contributed by atoms with Crippen LogP contribution in [0.1, 0.15) is 49.8 Å². The molecule has 1 fully saturated rings. The molecule has 29 heavy (non-hydrogen) atoms. The van der Waals surface area contributed by atoms with Gasteiger partial charge in [-0.1, -0.05) is 13.3 Å². The average molecular weight is 400 g/mol. The van der Waals surface area contributed by atoms with E-state index >= 15 is 0 Å². The lowest BCUT2D eigenvalue weighted by molar-refractivity contribution is 0.205. The van der Waals surface area contributed by atoms with Gasteiger partial charge in [-0.05, 0) is 62.7 Å². The third kappa shape index (κ3) is 4.72. The summed E-state index contributed by atoms with van der Waals surface area (Å²) in [5, 5.41) is 4.51. The van der Waals surface area contributed by atoms with E-state index < -0.39 is 11.6 Å². The van der Waals surface area contributed by atoms with Crippen molar-refractivity contribution in [3.8, 4) is 11.6 Å². The smallest absolute Gasteiger partial charge is 0.194 e. The molecular formula is C22H26F2N4O. The lowest BCUT2D eigenvalue weighted by atomic mass is 10.1. The van der Waals surface area contributed by atoms with Gasteiger partial charge >= 0.3 is 0 Å². The van der Waals surface area contributed by atoms with E-state index in [1.54, 1.807) is 4.68 Å². The van der Waals surface area contributed by atoms with Crippen LogP contribution in [-0.4, -0.2) is 32.8 Å². The molecule has 0 amide bonds. The molecule has 4 rings (SSSR count). The topological polar surface area (TPSA) is 47.1 Å². The molecule has 0 aliphatic carbocycles. The molecule has 7 heteroatoms. The van der Waals surface area contributed by atoms with Crippen LogP contribution in [0.4, 0.5) is 8.78 Å². The van der Waals surface area contributed by atoms with Gasteiger partial charge in [0.05, 0.1) is 13.1 Å². The zero-order chi connectivity index (χ0) is 20.2. The molecule has 2 aromatic heterocycles. The van der Waals surface area contributed by atoms with Crippen molar-refractivity contribution in [3.05, 3.63) is 59.1 Å². The van der Waals surface area contributed by atoms with Crippen molar-refractivity contribution in [3.63, 3.8) is 0 Å². The van der Waals surface area contributed by atoms with E-state index in [2.05, 4.69) is 21.9 Å². The maximum atomic E-state index is 14.2. The minimum Gasteiger partial charge on any atom is -0.456 e. The number of rotatable bonds is 7. The van der Waals surface area contributed by atoms with Crippen molar-refractivity contribution < 1.29 is 13.2 Å². The molecule has 0 spiro atoms. The summed E-state index contributed by atoms with van der Waals surface area (Å²) in [7, 11) is 0. The molecule has 0 bridgehead atoms. The second-order valence-electron chi connectivity index (χ2n) is 7.60. The minimum atomic E-state index is -0.473. The van der Waals surface area contributed by atoms with Crippen LogP contribution in [0.3, 0.4) is 0 Å². The second kappa shape index (κ2) is 8.86. The second-order valence-corrected chi connectivity index (χ2v) is 7.60. The quantitative estimate of drug-likeness (QED) is 0.571. The molecule has 3 heterocycles. The summed E-state index contributed by atoms with van der Waals surface area (Å²) in [6.07, 6.45) is 5.35. The summed E-state index contributed by atoms with van der Waals surface area (Å²) in [6.45, 7) is 5.10. The first kappa shape index (κ1) is 19.8. The maximum absolute atomic E-state index is 14.2. The molecule has 0 unspecified atom stereocenters. The summed E-state index contributed by atoms with van der Waals surface area (Å²) in [5.41, 5.74) is 0.235. The van der Waals surface area contributed by atoms with Crippen LogP contribution in [0.5, 0.6) is 0 Å². The number of halogens is 2. The molecule has 0 saturated carbocycles. The van der Waals surface area contributed by atoms with Crippen molar-refractivity contribution >= 4 is 0 Å².